The summed E-state index contributed by atoms with van der Waals surface area (Å²) >= 11 is 0. The van der Waals surface area contributed by atoms with Crippen molar-refractivity contribution in [1.82, 2.24) is 20.1 Å². The molecular formula is C14H26ClN5O. The zero-order valence-electron chi connectivity index (χ0n) is 12.9. The highest BCUT2D eigenvalue weighted by atomic mass is 35.5. The molecule has 0 aromatic carbocycles. The Balaban J connectivity index is 0.00000220. The number of carbonyl (C=O) groups is 1. The zero-order valence-corrected chi connectivity index (χ0v) is 13.7. The van der Waals surface area contributed by atoms with Crippen molar-refractivity contribution < 1.29 is 4.79 Å². The first kappa shape index (κ1) is 17.9. The van der Waals surface area contributed by atoms with Crippen molar-refractivity contribution in [2.75, 3.05) is 0 Å². The van der Waals surface area contributed by atoms with Gasteiger partial charge in [-0.2, -0.15) is 0 Å². The number of hydrogen-bond donors (Lipinski definition) is 2. The van der Waals surface area contributed by atoms with Gasteiger partial charge < -0.3 is 15.6 Å². The number of carbonyl (C=O) groups excluding carboxylic acids is 1. The largest absolute Gasteiger partial charge is 0.347 e. The number of aromatic nitrogens is 3. The standard InChI is InChI=1S/C14H25N5O.ClH/c1-3-8-14(2,15)13(20)16-10-12-18-17-11-7-5-4-6-9-19(11)12;/h3-10,15H2,1-2H3,(H,16,20);1H. The molecule has 0 spiro atoms. The van der Waals surface area contributed by atoms with Gasteiger partial charge in [0, 0.05) is 13.0 Å². The molecule has 6 nitrogen and oxygen atoms in total. The molecule has 0 fully saturated rings. The Labute approximate surface area is 132 Å². The van der Waals surface area contributed by atoms with Crippen LogP contribution in [0.25, 0.3) is 0 Å². The van der Waals surface area contributed by atoms with Crippen LogP contribution in [0.15, 0.2) is 0 Å². The Bertz CT molecular complexity index is 472. The second-order valence-corrected chi connectivity index (χ2v) is 5.84. The lowest BCUT2D eigenvalue weighted by molar-refractivity contribution is -0.126. The minimum Gasteiger partial charge on any atom is -0.347 e. The molecule has 1 atom stereocenters. The van der Waals surface area contributed by atoms with E-state index < -0.39 is 5.54 Å². The van der Waals surface area contributed by atoms with E-state index in [0.717, 1.165) is 37.5 Å². The summed E-state index contributed by atoms with van der Waals surface area (Å²) in [6, 6.07) is 0. The molecule has 7 heteroatoms. The van der Waals surface area contributed by atoms with Crippen LogP contribution in [-0.2, 0) is 24.3 Å². The molecule has 2 heterocycles. The maximum Gasteiger partial charge on any atom is 0.240 e. The molecule has 3 N–H and O–H groups in total. The molecule has 0 radical (unpaired) electrons. The Morgan fingerprint density at radius 3 is 2.86 bits per heavy atom. The summed E-state index contributed by atoms with van der Waals surface area (Å²) in [7, 11) is 0. The van der Waals surface area contributed by atoms with Crippen molar-refractivity contribution in [3.05, 3.63) is 11.6 Å². The van der Waals surface area contributed by atoms with Crippen molar-refractivity contribution in [3.63, 3.8) is 0 Å². The van der Waals surface area contributed by atoms with Crippen LogP contribution in [-0.4, -0.2) is 26.2 Å². The molecule has 21 heavy (non-hydrogen) atoms. The van der Waals surface area contributed by atoms with Crippen molar-refractivity contribution in [3.8, 4) is 0 Å². The molecule has 1 amide bonds. The Hall–Kier alpha value is -1.14. The van der Waals surface area contributed by atoms with Crippen LogP contribution >= 0.6 is 12.4 Å². The Morgan fingerprint density at radius 1 is 1.38 bits per heavy atom. The van der Waals surface area contributed by atoms with Gasteiger partial charge in [0.2, 0.25) is 5.91 Å². The van der Waals surface area contributed by atoms with E-state index in [1.165, 1.54) is 12.8 Å². The quantitative estimate of drug-likeness (QED) is 0.863. The van der Waals surface area contributed by atoms with Gasteiger partial charge in [-0.15, -0.1) is 22.6 Å². The second kappa shape index (κ2) is 7.75. The lowest BCUT2D eigenvalue weighted by atomic mass is 9.96. The lowest BCUT2D eigenvalue weighted by Gasteiger charge is -2.22. The van der Waals surface area contributed by atoms with Gasteiger partial charge in [-0.3, -0.25) is 4.79 Å². The van der Waals surface area contributed by atoms with Gasteiger partial charge in [0.05, 0.1) is 12.1 Å². The number of nitrogens with two attached hydrogens (primary N) is 1. The van der Waals surface area contributed by atoms with Crippen molar-refractivity contribution in [2.24, 2.45) is 5.73 Å². The third-order valence-corrected chi connectivity index (χ3v) is 3.88. The molecule has 0 saturated heterocycles. The zero-order chi connectivity index (χ0) is 14.6. The highest BCUT2D eigenvalue weighted by Crippen LogP contribution is 2.14. The summed E-state index contributed by atoms with van der Waals surface area (Å²) in [6.45, 7) is 5.15. The Morgan fingerprint density at radius 2 is 2.14 bits per heavy atom. The summed E-state index contributed by atoms with van der Waals surface area (Å²) in [6.07, 6.45) is 6.09. The molecular weight excluding hydrogens is 290 g/mol. The predicted octanol–water partition coefficient (Wildman–Crippen LogP) is 1.56. The van der Waals surface area contributed by atoms with E-state index in [9.17, 15) is 4.79 Å². The minimum atomic E-state index is -0.809. The SMILES string of the molecule is CCCC(C)(N)C(=O)NCc1nnc2n1CCCCC2.Cl. The average Bonchev–Trinajstić information content (AvgIpc) is 2.63. The van der Waals surface area contributed by atoms with E-state index in [1.54, 1.807) is 6.92 Å². The van der Waals surface area contributed by atoms with E-state index in [-0.39, 0.29) is 18.3 Å². The highest BCUT2D eigenvalue weighted by molar-refractivity contribution is 5.85. The highest BCUT2D eigenvalue weighted by Gasteiger charge is 2.27. The molecule has 0 saturated carbocycles. The van der Waals surface area contributed by atoms with Crippen LogP contribution in [0.4, 0.5) is 0 Å². The van der Waals surface area contributed by atoms with E-state index >= 15 is 0 Å². The number of nitrogens with one attached hydrogen (secondary N) is 1. The summed E-state index contributed by atoms with van der Waals surface area (Å²) in [5, 5.41) is 11.3. The van der Waals surface area contributed by atoms with Crippen molar-refractivity contribution >= 4 is 18.3 Å². The molecule has 1 aliphatic heterocycles. The summed E-state index contributed by atoms with van der Waals surface area (Å²) in [5.41, 5.74) is 5.21. The Kier molecular flexibility index (Phi) is 6.61. The number of amides is 1. The third-order valence-electron chi connectivity index (χ3n) is 3.88. The number of aryl methyl sites for hydroxylation is 1. The van der Waals surface area contributed by atoms with E-state index in [2.05, 4.69) is 20.1 Å². The number of nitrogens with zero attached hydrogens (tertiary/aromatic N) is 3. The topological polar surface area (TPSA) is 85.8 Å². The molecule has 1 aromatic rings. The number of rotatable bonds is 5. The van der Waals surface area contributed by atoms with Gasteiger partial charge in [-0.05, 0) is 26.2 Å². The van der Waals surface area contributed by atoms with Gasteiger partial charge in [0.15, 0.2) is 5.82 Å². The van der Waals surface area contributed by atoms with Crippen LogP contribution in [0.2, 0.25) is 0 Å². The minimum absolute atomic E-state index is 0. The van der Waals surface area contributed by atoms with E-state index in [4.69, 9.17) is 5.73 Å². The molecule has 120 valence electrons. The first-order chi connectivity index (χ1) is 9.54. The van der Waals surface area contributed by atoms with E-state index in [0.29, 0.717) is 13.0 Å². The molecule has 1 aliphatic rings. The summed E-state index contributed by atoms with van der Waals surface area (Å²) in [4.78, 5) is 12.1. The molecule has 0 bridgehead atoms. The normalized spacial score (nSPS) is 17.1. The molecule has 1 unspecified atom stereocenters. The van der Waals surface area contributed by atoms with Crippen LogP contribution in [0, 0.1) is 0 Å². The molecule has 2 rings (SSSR count). The average molecular weight is 316 g/mol. The predicted molar refractivity (Wildman–Crippen MR) is 84.2 cm³/mol. The van der Waals surface area contributed by atoms with Gasteiger partial charge in [-0.1, -0.05) is 19.8 Å². The van der Waals surface area contributed by atoms with Gasteiger partial charge >= 0.3 is 0 Å². The summed E-state index contributed by atoms with van der Waals surface area (Å²) < 4.78 is 2.14. The second-order valence-electron chi connectivity index (χ2n) is 5.84. The maximum absolute atomic E-state index is 12.1. The molecule has 0 aliphatic carbocycles. The first-order valence-electron chi connectivity index (χ1n) is 7.52. The fraction of sp³-hybridized carbons (Fsp3) is 0.786. The first-order valence-corrected chi connectivity index (χ1v) is 7.52. The fourth-order valence-electron chi connectivity index (χ4n) is 2.67. The monoisotopic (exact) mass is 315 g/mol. The van der Waals surface area contributed by atoms with Crippen LogP contribution in [0.5, 0.6) is 0 Å². The van der Waals surface area contributed by atoms with E-state index in [1.807, 2.05) is 6.92 Å². The van der Waals surface area contributed by atoms with Crippen LogP contribution in [0.3, 0.4) is 0 Å². The fourth-order valence-corrected chi connectivity index (χ4v) is 2.67. The van der Waals surface area contributed by atoms with Gasteiger partial charge in [0.25, 0.3) is 0 Å². The number of fused-ring (bicyclic) bond motifs is 1. The van der Waals surface area contributed by atoms with Gasteiger partial charge in [-0.25, -0.2) is 0 Å². The van der Waals surface area contributed by atoms with Crippen LogP contribution < -0.4 is 11.1 Å². The van der Waals surface area contributed by atoms with Gasteiger partial charge in [0.1, 0.15) is 5.82 Å². The summed E-state index contributed by atoms with van der Waals surface area (Å²) in [5.74, 6) is 1.75. The number of halogens is 1. The van der Waals surface area contributed by atoms with Crippen LogP contribution in [0.1, 0.15) is 57.6 Å². The lowest BCUT2D eigenvalue weighted by Crippen LogP contribution is -2.51. The third kappa shape index (κ3) is 4.41. The smallest absolute Gasteiger partial charge is 0.240 e. The number of hydrogen-bond acceptors (Lipinski definition) is 4. The van der Waals surface area contributed by atoms with Crippen molar-refractivity contribution in [2.45, 2.75) is 71.0 Å². The molecule has 1 aromatic heterocycles. The maximum atomic E-state index is 12.1. The van der Waals surface area contributed by atoms with Crippen molar-refractivity contribution in [1.29, 1.82) is 0 Å².